The van der Waals surface area contributed by atoms with Crippen LogP contribution in [0.3, 0.4) is 0 Å². The van der Waals surface area contributed by atoms with E-state index in [-0.39, 0.29) is 12.7 Å². The zero-order chi connectivity index (χ0) is 17.3. The van der Waals surface area contributed by atoms with Crippen molar-refractivity contribution in [1.82, 2.24) is 14.9 Å². The lowest BCUT2D eigenvalue weighted by atomic mass is 10.1. The predicted octanol–water partition coefficient (Wildman–Crippen LogP) is 1.68. The maximum Gasteiger partial charge on any atom is 0.119 e. The number of aliphatic hydroxyl groups is 1. The molecule has 0 spiro atoms. The summed E-state index contributed by atoms with van der Waals surface area (Å²) in [6, 6.07) is 10.0. The number of hydrogen-bond acceptors (Lipinski definition) is 6. The monoisotopic (exact) mass is 343 g/mol. The van der Waals surface area contributed by atoms with Crippen molar-refractivity contribution in [2.45, 2.75) is 25.5 Å². The first-order valence-electron chi connectivity index (χ1n) is 8.75. The zero-order valence-corrected chi connectivity index (χ0v) is 14.4. The quantitative estimate of drug-likeness (QED) is 0.787. The van der Waals surface area contributed by atoms with Gasteiger partial charge in [-0.15, -0.1) is 0 Å². The van der Waals surface area contributed by atoms with E-state index < -0.39 is 0 Å². The van der Waals surface area contributed by atoms with Crippen molar-refractivity contribution < 1.29 is 14.6 Å². The van der Waals surface area contributed by atoms with Gasteiger partial charge in [0.1, 0.15) is 18.7 Å². The summed E-state index contributed by atoms with van der Waals surface area (Å²) in [7, 11) is 0. The number of aryl methyl sites for hydroxylation is 1. The SMILES string of the molecule is OCCOc1cccc(CN2CCO[C@@H](CCc3ccncn3)C2)c1. The van der Waals surface area contributed by atoms with Crippen molar-refractivity contribution in [3.63, 3.8) is 0 Å². The smallest absolute Gasteiger partial charge is 0.119 e. The minimum Gasteiger partial charge on any atom is -0.491 e. The maximum absolute atomic E-state index is 8.86. The van der Waals surface area contributed by atoms with Crippen LogP contribution in [0, 0.1) is 0 Å². The molecule has 1 saturated heterocycles. The maximum atomic E-state index is 8.86. The molecule has 1 aromatic carbocycles. The van der Waals surface area contributed by atoms with Crippen molar-refractivity contribution >= 4 is 0 Å². The topological polar surface area (TPSA) is 67.7 Å². The van der Waals surface area contributed by atoms with Crippen LogP contribution in [0.15, 0.2) is 42.9 Å². The fraction of sp³-hybridized carbons (Fsp3) is 0.474. The number of aliphatic hydroxyl groups excluding tert-OH is 1. The third kappa shape index (κ3) is 5.77. The molecule has 0 aliphatic carbocycles. The average Bonchev–Trinajstić information content (AvgIpc) is 2.66. The van der Waals surface area contributed by atoms with Crippen molar-refractivity contribution in [2.75, 3.05) is 32.9 Å². The van der Waals surface area contributed by atoms with Gasteiger partial charge in [0.2, 0.25) is 0 Å². The van der Waals surface area contributed by atoms with Crippen LogP contribution < -0.4 is 4.74 Å². The van der Waals surface area contributed by atoms with Gasteiger partial charge in [0.05, 0.1) is 19.3 Å². The molecule has 1 N–H and O–H groups in total. The van der Waals surface area contributed by atoms with Gasteiger partial charge >= 0.3 is 0 Å². The fourth-order valence-electron chi connectivity index (χ4n) is 3.03. The molecule has 0 amide bonds. The molecule has 1 fully saturated rings. The zero-order valence-electron chi connectivity index (χ0n) is 14.4. The molecule has 134 valence electrons. The molecular weight excluding hydrogens is 318 g/mol. The van der Waals surface area contributed by atoms with Gasteiger partial charge in [-0.1, -0.05) is 12.1 Å². The van der Waals surface area contributed by atoms with E-state index in [0.717, 1.165) is 50.5 Å². The molecule has 0 radical (unpaired) electrons. The Labute approximate surface area is 148 Å². The van der Waals surface area contributed by atoms with E-state index in [9.17, 15) is 0 Å². The van der Waals surface area contributed by atoms with E-state index in [1.807, 2.05) is 24.3 Å². The Bertz CT molecular complexity index is 639. The van der Waals surface area contributed by atoms with E-state index >= 15 is 0 Å². The lowest BCUT2D eigenvalue weighted by molar-refractivity contribution is -0.0346. The van der Waals surface area contributed by atoms with Gasteiger partial charge in [-0.3, -0.25) is 4.90 Å². The summed E-state index contributed by atoms with van der Waals surface area (Å²) in [5.41, 5.74) is 2.27. The second kappa shape index (κ2) is 9.46. The minimum atomic E-state index is 0.0295. The van der Waals surface area contributed by atoms with Crippen LogP contribution in [0.1, 0.15) is 17.7 Å². The number of rotatable bonds is 8. The highest BCUT2D eigenvalue weighted by Crippen LogP contribution is 2.18. The molecular formula is C19H25N3O3. The second-order valence-corrected chi connectivity index (χ2v) is 6.19. The summed E-state index contributed by atoms with van der Waals surface area (Å²) in [5.74, 6) is 0.806. The highest BCUT2D eigenvalue weighted by Gasteiger charge is 2.20. The van der Waals surface area contributed by atoms with Gasteiger partial charge in [-0.2, -0.15) is 0 Å². The standard InChI is InChI=1S/C19H25N3O3/c23-9-11-25-18-3-1-2-16(12-18)13-22-8-10-24-19(14-22)5-4-17-6-7-20-15-21-17/h1-3,6-7,12,15,19,23H,4-5,8-11,13-14H2/t19-/m0/s1. The molecule has 2 aromatic rings. The van der Waals surface area contributed by atoms with Gasteiger partial charge < -0.3 is 14.6 Å². The molecule has 25 heavy (non-hydrogen) atoms. The summed E-state index contributed by atoms with van der Waals surface area (Å²) in [6.45, 7) is 3.85. The highest BCUT2D eigenvalue weighted by molar-refractivity contribution is 5.28. The molecule has 3 rings (SSSR count). The van der Waals surface area contributed by atoms with E-state index in [1.165, 1.54) is 5.56 Å². The Hall–Kier alpha value is -2.02. The summed E-state index contributed by atoms with van der Waals surface area (Å²) in [4.78, 5) is 10.6. The van der Waals surface area contributed by atoms with Crippen molar-refractivity contribution in [1.29, 1.82) is 0 Å². The fourth-order valence-corrected chi connectivity index (χ4v) is 3.03. The molecule has 0 unspecified atom stereocenters. The Morgan fingerprint density at radius 3 is 3.12 bits per heavy atom. The van der Waals surface area contributed by atoms with Gasteiger partial charge in [-0.05, 0) is 36.6 Å². The first kappa shape index (κ1) is 17.8. The normalized spacial score (nSPS) is 18.2. The van der Waals surface area contributed by atoms with E-state index in [1.54, 1.807) is 12.5 Å². The molecule has 1 aliphatic rings. The van der Waals surface area contributed by atoms with Crippen LogP contribution in [0.4, 0.5) is 0 Å². The number of aromatic nitrogens is 2. The molecule has 6 nitrogen and oxygen atoms in total. The van der Waals surface area contributed by atoms with Crippen LogP contribution in [0.25, 0.3) is 0 Å². The summed E-state index contributed by atoms with van der Waals surface area (Å²) < 4.78 is 11.4. The van der Waals surface area contributed by atoms with E-state index in [2.05, 4.69) is 20.9 Å². The third-order valence-electron chi connectivity index (χ3n) is 4.25. The number of hydrogen-bond donors (Lipinski definition) is 1. The predicted molar refractivity (Wildman–Crippen MR) is 94.4 cm³/mol. The summed E-state index contributed by atoms with van der Waals surface area (Å²) in [6.07, 6.45) is 5.48. The average molecular weight is 343 g/mol. The Morgan fingerprint density at radius 2 is 2.28 bits per heavy atom. The Kier molecular flexibility index (Phi) is 6.73. The molecule has 1 aliphatic heterocycles. The third-order valence-corrected chi connectivity index (χ3v) is 4.25. The minimum absolute atomic E-state index is 0.0295. The van der Waals surface area contributed by atoms with Crippen molar-refractivity contribution in [3.05, 3.63) is 54.1 Å². The number of benzene rings is 1. The lowest BCUT2D eigenvalue weighted by Gasteiger charge is -2.33. The first-order valence-corrected chi connectivity index (χ1v) is 8.75. The van der Waals surface area contributed by atoms with Crippen molar-refractivity contribution in [2.24, 2.45) is 0 Å². The largest absolute Gasteiger partial charge is 0.491 e. The number of nitrogens with zero attached hydrogens (tertiary/aromatic N) is 3. The Balaban J connectivity index is 1.49. The number of ether oxygens (including phenoxy) is 2. The van der Waals surface area contributed by atoms with Crippen LogP contribution in [0.5, 0.6) is 5.75 Å². The first-order chi connectivity index (χ1) is 12.3. The number of morpholine rings is 1. The molecule has 0 bridgehead atoms. The lowest BCUT2D eigenvalue weighted by Crippen LogP contribution is -2.42. The summed E-state index contributed by atoms with van der Waals surface area (Å²) in [5, 5.41) is 8.86. The van der Waals surface area contributed by atoms with E-state index in [0.29, 0.717) is 6.61 Å². The van der Waals surface area contributed by atoms with Gasteiger partial charge in [0.15, 0.2) is 0 Å². The van der Waals surface area contributed by atoms with Crippen LogP contribution in [0.2, 0.25) is 0 Å². The molecule has 1 aromatic heterocycles. The second-order valence-electron chi connectivity index (χ2n) is 6.19. The molecule has 6 heteroatoms. The van der Waals surface area contributed by atoms with Gasteiger partial charge in [-0.25, -0.2) is 9.97 Å². The molecule has 1 atom stereocenters. The van der Waals surface area contributed by atoms with Crippen LogP contribution >= 0.6 is 0 Å². The summed E-state index contributed by atoms with van der Waals surface area (Å²) >= 11 is 0. The van der Waals surface area contributed by atoms with Gasteiger partial charge in [0, 0.05) is 31.5 Å². The van der Waals surface area contributed by atoms with Crippen LogP contribution in [-0.2, 0) is 17.7 Å². The van der Waals surface area contributed by atoms with E-state index in [4.69, 9.17) is 14.6 Å². The molecule has 2 heterocycles. The highest BCUT2D eigenvalue weighted by atomic mass is 16.5. The van der Waals surface area contributed by atoms with Crippen molar-refractivity contribution in [3.8, 4) is 5.75 Å². The Morgan fingerprint density at radius 1 is 1.32 bits per heavy atom. The van der Waals surface area contributed by atoms with Crippen LogP contribution in [-0.4, -0.2) is 59.0 Å². The molecule has 0 saturated carbocycles. The van der Waals surface area contributed by atoms with Gasteiger partial charge in [0.25, 0.3) is 0 Å².